The fourth-order valence-electron chi connectivity index (χ4n) is 2.42. The first-order valence-corrected chi connectivity index (χ1v) is 8.00. The number of aromatic nitrogens is 1. The summed E-state index contributed by atoms with van der Waals surface area (Å²) in [7, 11) is 0. The molecule has 0 radical (unpaired) electrons. The predicted octanol–water partition coefficient (Wildman–Crippen LogP) is 2.56. The molecule has 7 heteroatoms. The molecule has 0 saturated heterocycles. The minimum absolute atomic E-state index is 0.0712. The average molecular weight is 348 g/mol. The van der Waals surface area contributed by atoms with Gasteiger partial charge in [-0.15, -0.1) is 0 Å². The van der Waals surface area contributed by atoms with Crippen molar-refractivity contribution in [1.82, 2.24) is 10.1 Å². The Hall–Kier alpha value is -2.70. The molecule has 0 bridgehead atoms. The number of halogens is 1. The minimum Gasteiger partial charge on any atom is -0.465 e. The van der Waals surface area contributed by atoms with Crippen molar-refractivity contribution in [2.45, 2.75) is 33.7 Å². The highest BCUT2D eigenvalue weighted by atomic mass is 19.1. The van der Waals surface area contributed by atoms with Gasteiger partial charge in [-0.3, -0.25) is 9.59 Å². The van der Waals surface area contributed by atoms with Crippen molar-refractivity contribution in [3.8, 4) is 0 Å². The maximum Gasteiger partial charge on any atom is 0.325 e. The lowest BCUT2D eigenvalue weighted by Crippen LogP contribution is -2.37. The van der Waals surface area contributed by atoms with Gasteiger partial charge < -0.3 is 14.2 Å². The van der Waals surface area contributed by atoms with Crippen LogP contribution in [-0.4, -0.2) is 35.1 Å². The number of esters is 1. The van der Waals surface area contributed by atoms with Crippen LogP contribution >= 0.6 is 0 Å². The van der Waals surface area contributed by atoms with E-state index in [0.29, 0.717) is 17.0 Å². The summed E-state index contributed by atoms with van der Waals surface area (Å²) in [6, 6.07) is 5.79. The molecule has 1 heterocycles. The van der Waals surface area contributed by atoms with Gasteiger partial charge >= 0.3 is 5.97 Å². The number of benzene rings is 1. The average Bonchev–Trinajstić information content (AvgIpc) is 2.88. The highest BCUT2D eigenvalue weighted by Crippen LogP contribution is 2.15. The van der Waals surface area contributed by atoms with Gasteiger partial charge in [0, 0.05) is 12.1 Å². The third kappa shape index (κ3) is 5.14. The van der Waals surface area contributed by atoms with Gasteiger partial charge in [-0.2, -0.15) is 0 Å². The van der Waals surface area contributed by atoms with E-state index in [1.807, 2.05) is 0 Å². The Morgan fingerprint density at radius 2 is 1.92 bits per heavy atom. The lowest BCUT2D eigenvalue weighted by Gasteiger charge is -2.22. The molecule has 134 valence electrons. The highest BCUT2D eigenvalue weighted by Gasteiger charge is 2.22. The monoisotopic (exact) mass is 348 g/mol. The van der Waals surface area contributed by atoms with Gasteiger partial charge in [0.2, 0.25) is 5.91 Å². The second-order valence-electron chi connectivity index (χ2n) is 5.66. The van der Waals surface area contributed by atoms with E-state index >= 15 is 0 Å². The van der Waals surface area contributed by atoms with Crippen molar-refractivity contribution in [3.05, 3.63) is 52.7 Å². The van der Waals surface area contributed by atoms with E-state index in [1.165, 1.54) is 17.0 Å². The van der Waals surface area contributed by atoms with Crippen LogP contribution < -0.4 is 0 Å². The number of aryl methyl sites for hydroxylation is 2. The lowest BCUT2D eigenvalue weighted by atomic mass is 10.1. The first-order chi connectivity index (χ1) is 11.9. The summed E-state index contributed by atoms with van der Waals surface area (Å²) in [4.78, 5) is 25.9. The summed E-state index contributed by atoms with van der Waals surface area (Å²) in [6.45, 7) is 5.44. The molecule has 2 aromatic rings. The number of rotatable bonds is 7. The molecule has 0 unspecified atom stereocenters. The zero-order valence-electron chi connectivity index (χ0n) is 14.5. The van der Waals surface area contributed by atoms with Gasteiger partial charge in [-0.25, -0.2) is 4.39 Å². The third-order valence-electron chi connectivity index (χ3n) is 3.77. The molecule has 1 aromatic carbocycles. The third-order valence-corrected chi connectivity index (χ3v) is 3.77. The quantitative estimate of drug-likeness (QED) is 0.719. The fourth-order valence-corrected chi connectivity index (χ4v) is 2.42. The highest BCUT2D eigenvalue weighted by molar-refractivity contribution is 5.83. The van der Waals surface area contributed by atoms with Gasteiger partial charge in [0.15, 0.2) is 0 Å². The maximum absolute atomic E-state index is 13.1. The molecule has 0 saturated carbocycles. The Bertz CT molecular complexity index is 721. The van der Waals surface area contributed by atoms with Crippen LogP contribution in [0, 0.1) is 19.7 Å². The lowest BCUT2D eigenvalue weighted by molar-refractivity contribution is -0.149. The molecular weight excluding hydrogens is 327 g/mol. The molecule has 0 aliphatic heterocycles. The number of hydrogen-bond donors (Lipinski definition) is 0. The van der Waals surface area contributed by atoms with Crippen molar-refractivity contribution in [2.75, 3.05) is 13.2 Å². The van der Waals surface area contributed by atoms with Crippen LogP contribution in [0.2, 0.25) is 0 Å². The second kappa shape index (κ2) is 8.41. The SMILES string of the molecule is CCOC(=O)CN(Cc1ccc(F)cc1)C(=O)Cc1c(C)noc1C. The van der Waals surface area contributed by atoms with Crippen molar-refractivity contribution in [2.24, 2.45) is 0 Å². The maximum atomic E-state index is 13.1. The number of ether oxygens (including phenoxy) is 1. The van der Waals surface area contributed by atoms with Crippen LogP contribution in [0.5, 0.6) is 0 Å². The normalized spacial score (nSPS) is 10.6. The molecule has 2 rings (SSSR count). The molecule has 1 aromatic heterocycles. The number of hydrogen-bond acceptors (Lipinski definition) is 5. The molecule has 1 amide bonds. The smallest absolute Gasteiger partial charge is 0.325 e. The van der Waals surface area contributed by atoms with Gasteiger partial charge in [0.1, 0.15) is 18.1 Å². The fraction of sp³-hybridized carbons (Fsp3) is 0.389. The standard InChI is InChI=1S/C18H21FN2O4/c1-4-24-18(23)11-21(10-14-5-7-15(19)8-6-14)17(22)9-16-12(2)20-25-13(16)3/h5-8H,4,9-11H2,1-3H3. The first kappa shape index (κ1) is 18.6. The van der Waals surface area contributed by atoms with E-state index in [2.05, 4.69) is 5.16 Å². The summed E-state index contributed by atoms with van der Waals surface area (Å²) < 4.78 is 23.1. The molecule has 0 fully saturated rings. The summed E-state index contributed by atoms with van der Waals surface area (Å²) in [5.41, 5.74) is 2.07. The number of carbonyl (C=O) groups excluding carboxylic acids is 2. The van der Waals surface area contributed by atoms with Crippen LogP contribution in [-0.2, 0) is 27.3 Å². The molecule has 6 nitrogen and oxygen atoms in total. The van der Waals surface area contributed by atoms with E-state index < -0.39 is 5.97 Å². The number of amides is 1. The molecule has 0 aliphatic rings. The van der Waals surface area contributed by atoms with Crippen LogP contribution in [0.3, 0.4) is 0 Å². The number of carbonyl (C=O) groups is 2. The molecule has 0 aliphatic carbocycles. The summed E-state index contributed by atoms with van der Waals surface area (Å²) in [5.74, 6) is -0.532. The Kier molecular flexibility index (Phi) is 6.27. The Labute approximate surface area is 145 Å². The Morgan fingerprint density at radius 1 is 1.24 bits per heavy atom. The molecule has 0 N–H and O–H groups in total. The van der Waals surface area contributed by atoms with Gasteiger partial charge in [-0.1, -0.05) is 17.3 Å². The Balaban J connectivity index is 2.16. The summed E-state index contributed by atoms with van der Waals surface area (Å²) in [5, 5.41) is 3.83. The van der Waals surface area contributed by atoms with Crippen molar-refractivity contribution in [1.29, 1.82) is 0 Å². The van der Waals surface area contributed by atoms with Crippen LogP contribution in [0.15, 0.2) is 28.8 Å². The number of nitrogens with zero attached hydrogens (tertiary/aromatic N) is 2. The second-order valence-corrected chi connectivity index (χ2v) is 5.66. The van der Waals surface area contributed by atoms with Gasteiger partial charge in [0.25, 0.3) is 0 Å². The van der Waals surface area contributed by atoms with E-state index in [4.69, 9.17) is 9.26 Å². The van der Waals surface area contributed by atoms with E-state index in [-0.39, 0.29) is 37.8 Å². The zero-order valence-corrected chi connectivity index (χ0v) is 14.5. The molecule has 0 spiro atoms. The van der Waals surface area contributed by atoms with Crippen LogP contribution in [0.4, 0.5) is 4.39 Å². The molecular formula is C18H21FN2O4. The minimum atomic E-state index is -0.489. The largest absolute Gasteiger partial charge is 0.465 e. The van der Waals surface area contributed by atoms with Gasteiger partial charge in [-0.05, 0) is 38.5 Å². The van der Waals surface area contributed by atoms with E-state index in [9.17, 15) is 14.0 Å². The summed E-state index contributed by atoms with van der Waals surface area (Å²) >= 11 is 0. The van der Waals surface area contributed by atoms with Crippen molar-refractivity contribution in [3.63, 3.8) is 0 Å². The van der Waals surface area contributed by atoms with Crippen molar-refractivity contribution >= 4 is 11.9 Å². The van der Waals surface area contributed by atoms with Gasteiger partial charge in [0.05, 0.1) is 18.7 Å². The topological polar surface area (TPSA) is 72.6 Å². The zero-order chi connectivity index (χ0) is 18.4. The molecule has 0 atom stereocenters. The summed E-state index contributed by atoms with van der Waals surface area (Å²) in [6.07, 6.45) is 0.0712. The molecule has 25 heavy (non-hydrogen) atoms. The van der Waals surface area contributed by atoms with Crippen LogP contribution in [0.1, 0.15) is 29.5 Å². The predicted molar refractivity (Wildman–Crippen MR) is 88.1 cm³/mol. The van der Waals surface area contributed by atoms with Crippen LogP contribution in [0.25, 0.3) is 0 Å². The van der Waals surface area contributed by atoms with Crippen molar-refractivity contribution < 1.29 is 23.2 Å². The first-order valence-electron chi connectivity index (χ1n) is 8.00. The Morgan fingerprint density at radius 3 is 2.48 bits per heavy atom. The van der Waals surface area contributed by atoms with E-state index in [1.54, 1.807) is 32.9 Å². The van der Waals surface area contributed by atoms with E-state index in [0.717, 1.165) is 5.56 Å².